The zero-order chi connectivity index (χ0) is 28.9. The van der Waals surface area contributed by atoms with E-state index in [1.165, 1.54) is 20.6 Å². The highest BCUT2D eigenvalue weighted by atomic mass is 16.6. The first-order chi connectivity index (χ1) is 19.1. The number of furan rings is 1. The first-order valence-electron chi connectivity index (χ1n) is 14.1. The van der Waals surface area contributed by atoms with Crippen LogP contribution in [0, 0.1) is 11.8 Å². The van der Waals surface area contributed by atoms with Crippen molar-refractivity contribution in [1.29, 1.82) is 0 Å². The quantitative estimate of drug-likeness (QED) is 0.407. The molecule has 10 nitrogen and oxygen atoms in total. The number of methoxy groups -OCH3 is 2. The van der Waals surface area contributed by atoms with Crippen molar-refractivity contribution in [3.63, 3.8) is 0 Å². The summed E-state index contributed by atoms with van der Waals surface area (Å²) in [6, 6.07) is 6.14. The van der Waals surface area contributed by atoms with Gasteiger partial charge in [0.05, 0.1) is 13.2 Å². The van der Waals surface area contributed by atoms with E-state index in [4.69, 9.17) is 23.4 Å². The van der Waals surface area contributed by atoms with Crippen LogP contribution >= 0.6 is 0 Å². The minimum absolute atomic E-state index is 0.0416. The summed E-state index contributed by atoms with van der Waals surface area (Å²) in [5, 5.41) is 3.66. The number of hydrogen-bond acceptors (Lipinski definition) is 8. The van der Waals surface area contributed by atoms with Gasteiger partial charge in [0.1, 0.15) is 23.3 Å². The number of carbonyl (C=O) groups excluding carboxylic acids is 3. The Bertz CT molecular complexity index is 1170. The molecular formula is C30H42N2O8. The molecule has 1 aliphatic carbocycles. The first-order valence-corrected chi connectivity index (χ1v) is 14.1. The van der Waals surface area contributed by atoms with Gasteiger partial charge in [0.25, 0.3) is 0 Å². The molecule has 40 heavy (non-hydrogen) atoms. The van der Waals surface area contributed by atoms with Crippen LogP contribution in [0.3, 0.4) is 0 Å². The highest BCUT2D eigenvalue weighted by Gasteiger charge is 2.46. The average Bonchev–Trinajstić information content (AvgIpc) is 3.53. The molecule has 2 fully saturated rings. The summed E-state index contributed by atoms with van der Waals surface area (Å²) in [6.45, 7) is 6.36. The number of nitrogens with zero attached hydrogens (tertiary/aromatic N) is 1. The number of carbonyl (C=O) groups is 3. The molecule has 2 heterocycles. The molecule has 1 aromatic heterocycles. The van der Waals surface area contributed by atoms with Gasteiger partial charge in [-0.05, 0) is 63.3 Å². The van der Waals surface area contributed by atoms with Crippen LogP contribution in [0.5, 0.6) is 0 Å². The van der Waals surface area contributed by atoms with Gasteiger partial charge in [-0.1, -0.05) is 32.1 Å². The second-order valence-corrected chi connectivity index (χ2v) is 11.8. The van der Waals surface area contributed by atoms with Crippen molar-refractivity contribution in [2.75, 3.05) is 39.3 Å². The summed E-state index contributed by atoms with van der Waals surface area (Å²) in [4.78, 5) is 41.1. The summed E-state index contributed by atoms with van der Waals surface area (Å²) in [6.07, 6.45) is 5.43. The second kappa shape index (κ2) is 13.0. The number of hydrogen-bond donors (Lipinski definition) is 1. The van der Waals surface area contributed by atoms with Crippen molar-refractivity contribution in [1.82, 2.24) is 4.90 Å². The van der Waals surface area contributed by atoms with Crippen molar-refractivity contribution in [2.45, 2.75) is 77.0 Å². The molecule has 0 spiro atoms. The van der Waals surface area contributed by atoms with Crippen LogP contribution in [0.2, 0.25) is 0 Å². The first kappa shape index (κ1) is 29.9. The molecule has 4 rings (SSSR count). The van der Waals surface area contributed by atoms with Crippen molar-refractivity contribution < 1.29 is 37.7 Å². The molecule has 2 atom stereocenters. The SMILES string of the molecule is COCC(COC)OC(=O)c1cc2cc(NC(=O)[C@@H]3[C@H](C4CCCCC4)CCN3C(=O)OC(C)(C)C)ccc2o1. The maximum absolute atomic E-state index is 13.8. The number of benzene rings is 1. The highest BCUT2D eigenvalue weighted by Crippen LogP contribution is 2.40. The molecule has 1 aromatic carbocycles. The van der Waals surface area contributed by atoms with E-state index in [9.17, 15) is 14.4 Å². The Balaban J connectivity index is 1.51. The molecule has 2 aromatic rings. The predicted octanol–water partition coefficient (Wildman–Crippen LogP) is 5.40. The lowest BCUT2D eigenvalue weighted by atomic mass is 9.76. The molecule has 2 amide bonds. The molecule has 1 saturated carbocycles. The molecule has 1 aliphatic heterocycles. The number of ether oxygens (including phenoxy) is 4. The Morgan fingerprint density at radius 1 is 1.02 bits per heavy atom. The van der Waals surface area contributed by atoms with Crippen molar-refractivity contribution >= 4 is 34.6 Å². The fraction of sp³-hybridized carbons (Fsp3) is 0.633. The Morgan fingerprint density at radius 3 is 2.38 bits per heavy atom. The van der Waals surface area contributed by atoms with E-state index >= 15 is 0 Å². The molecule has 0 radical (unpaired) electrons. The van der Waals surface area contributed by atoms with Gasteiger partial charge in [0, 0.05) is 31.8 Å². The van der Waals surface area contributed by atoms with Gasteiger partial charge in [-0.2, -0.15) is 0 Å². The van der Waals surface area contributed by atoms with Gasteiger partial charge in [-0.15, -0.1) is 0 Å². The van der Waals surface area contributed by atoms with E-state index in [0.29, 0.717) is 29.1 Å². The van der Waals surface area contributed by atoms with Crippen LogP contribution in [0.4, 0.5) is 10.5 Å². The van der Waals surface area contributed by atoms with Gasteiger partial charge in [0.2, 0.25) is 11.7 Å². The van der Waals surface area contributed by atoms with Gasteiger partial charge < -0.3 is 28.7 Å². The zero-order valence-electron chi connectivity index (χ0n) is 24.2. The van der Waals surface area contributed by atoms with E-state index in [0.717, 1.165) is 32.1 Å². The lowest BCUT2D eigenvalue weighted by molar-refractivity contribution is -0.122. The maximum Gasteiger partial charge on any atom is 0.410 e. The normalized spacial score (nSPS) is 20.2. The fourth-order valence-corrected chi connectivity index (χ4v) is 5.87. The number of likely N-dealkylation sites (tertiary alicyclic amines) is 1. The van der Waals surface area contributed by atoms with Gasteiger partial charge in [0.15, 0.2) is 0 Å². The number of esters is 1. The van der Waals surface area contributed by atoms with Gasteiger partial charge in [-0.25, -0.2) is 9.59 Å². The molecule has 0 unspecified atom stereocenters. The summed E-state index contributed by atoms with van der Waals surface area (Å²) >= 11 is 0. The molecular weight excluding hydrogens is 516 g/mol. The lowest BCUT2D eigenvalue weighted by Crippen LogP contribution is -2.49. The minimum Gasteiger partial charge on any atom is -0.452 e. The van der Waals surface area contributed by atoms with Crippen LogP contribution in [0.1, 0.15) is 69.9 Å². The van der Waals surface area contributed by atoms with Crippen molar-refractivity contribution in [3.05, 3.63) is 30.0 Å². The number of fused-ring (bicyclic) bond motifs is 1. The van der Waals surface area contributed by atoms with Crippen LogP contribution in [-0.2, 0) is 23.7 Å². The Hall–Kier alpha value is -3.11. The van der Waals surface area contributed by atoms with Gasteiger partial charge >= 0.3 is 12.1 Å². The standard InChI is InChI=1S/C30H42N2O8/c1-30(2,3)40-29(35)32-14-13-23(19-9-7-6-8-10-19)26(32)27(33)31-21-11-12-24-20(15-21)16-25(39-24)28(34)38-22(17-36-4)18-37-5/h11-12,15-16,19,22-23,26H,6-10,13-14,17-18H2,1-5H3,(H,31,33)/t23-,26-/m0/s1. The summed E-state index contributed by atoms with van der Waals surface area (Å²) in [7, 11) is 3.03. The van der Waals surface area contributed by atoms with Crippen LogP contribution in [-0.4, -0.2) is 74.6 Å². The third-order valence-corrected chi connectivity index (χ3v) is 7.56. The largest absolute Gasteiger partial charge is 0.452 e. The molecule has 220 valence electrons. The lowest BCUT2D eigenvalue weighted by Gasteiger charge is -2.34. The summed E-state index contributed by atoms with van der Waals surface area (Å²) < 4.78 is 27.0. The number of rotatable bonds is 9. The number of anilines is 1. The van der Waals surface area contributed by atoms with Crippen LogP contribution in [0.25, 0.3) is 11.0 Å². The third-order valence-electron chi connectivity index (χ3n) is 7.56. The molecule has 1 saturated heterocycles. The van der Waals surface area contributed by atoms with Gasteiger partial charge in [-0.3, -0.25) is 9.69 Å². The number of nitrogens with one attached hydrogen (secondary N) is 1. The Morgan fingerprint density at radius 2 is 1.73 bits per heavy atom. The van der Waals surface area contributed by atoms with E-state index in [1.807, 2.05) is 20.8 Å². The van der Waals surface area contributed by atoms with E-state index in [2.05, 4.69) is 5.32 Å². The molecule has 0 bridgehead atoms. The van der Waals surface area contributed by atoms with Crippen LogP contribution in [0.15, 0.2) is 28.7 Å². The maximum atomic E-state index is 13.8. The van der Waals surface area contributed by atoms with Crippen LogP contribution < -0.4 is 5.32 Å². The Labute approximate surface area is 235 Å². The summed E-state index contributed by atoms with van der Waals surface area (Å²) in [5.41, 5.74) is 0.379. The highest BCUT2D eigenvalue weighted by molar-refractivity contribution is 5.99. The third kappa shape index (κ3) is 7.34. The van der Waals surface area contributed by atoms with Crippen molar-refractivity contribution in [3.8, 4) is 0 Å². The predicted molar refractivity (Wildman–Crippen MR) is 149 cm³/mol. The number of amides is 2. The molecule has 10 heteroatoms. The second-order valence-electron chi connectivity index (χ2n) is 11.8. The smallest absolute Gasteiger partial charge is 0.410 e. The average molecular weight is 559 g/mol. The monoisotopic (exact) mass is 558 g/mol. The van der Waals surface area contributed by atoms with E-state index < -0.39 is 29.8 Å². The summed E-state index contributed by atoms with van der Waals surface area (Å²) in [5.74, 6) is -0.334. The minimum atomic E-state index is -0.653. The van der Waals surface area contributed by atoms with E-state index in [-0.39, 0.29) is 30.8 Å². The van der Waals surface area contributed by atoms with E-state index in [1.54, 1.807) is 29.2 Å². The fourth-order valence-electron chi connectivity index (χ4n) is 5.87. The molecule has 1 N–H and O–H groups in total. The Kier molecular flexibility index (Phi) is 9.73. The van der Waals surface area contributed by atoms with Crippen molar-refractivity contribution in [2.24, 2.45) is 11.8 Å². The molecule has 2 aliphatic rings. The topological polar surface area (TPSA) is 117 Å². The zero-order valence-corrected chi connectivity index (χ0v) is 24.2.